The minimum absolute atomic E-state index is 0.0430. The highest BCUT2D eigenvalue weighted by Gasteiger charge is 2.59. The number of likely N-dealkylation sites (N-methyl/N-ethyl adjacent to an activating group) is 1. The first kappa shape index (κ1) is 28.1. The van der Waals surface area contributed by atoms with Crippen molar-refractivity contribution in [2.45, 2.75) is 38.3 Å². The van der Waals surface area contributed by atoms with Crippen LogP contribution in [0.15, 0.2) is 28.7 Å². The maximum Gasteiger partial charge on any atom is 0.255 e. The summed E-state index contributed by atoms with van der Waals surface area (Å²) in [5.74, 6) is -1.58. The smallest absolute Gasteiger partial charge is 0.255 e. The minimum atomic E-state index is -2.63. The molecule has 3 aliphatic rings. The number of phenols is 1. The summed E-state index contributed by atoms with van der Waals surface area (Å²) in [5.41, 5.74) is 2.76. The summed E-state index contributed by atoms with van der Waals surface area (Å²) in [7, 11) is 3.51. The number of aliphatic hydroxyl groups excluding tert-OH is 2. The first-order valence-corrected chi connectivity index (χ1v) is 12.5. The number of amides is 2. The fourth-order valence-corrected chi connectivity index (χ4v) is 5.80. The highest BCUT2D eigenvalue weighted by molar-refractivity contribution is 6.24. The van der Waals surface area contributed by atoms with Gasteiger partial charge < -0.3 is 36.4 Å². The number of allylic oxidation sites excluding steroid dienone is 2. The number of nitrogens with two attached hydrogens (primary N) is 2. The zero-order valence-electron chi connectivity index (χ0n) is 21.9. The van der Waals surface area contributed by atoms with Gasteiger partial charge in [-0.2, -0.15) is 0 Å². The number of anilines is 1. The molecule has 0 spiro atoms. The van der Waals surface area contributed by atoms with Crippen LogP contribution in [0, 0.1) is 11.8 Å². The monoisotopic (exact) mass is 543 g/mol. The van der Waals surface area contributed by atoms with Crippen LogP contribution in [0.25, 0.3) is 0 Å². The second kappa shape index (κ2) is 9.98. The largest absolute Gasteiger partial charge is 0.511 e. The fraction of sp³-hybridized carbons (Fsp3) is 0.462. The average molecular weight is 544 g/mol. The number of carbonyl (C=O) groups is 4. The number of rotatable bonds is 7. The number of carbonyl (C=O) groups excluding carboxylic acids is 4. The Balaban J connectivity index is 1.80. The molecule has 0 unspecified atom stereocenters. The summed E-state index contributed by atoms with van der Waals surface area (Å²) < 4.78 is 0. The quantitative estimate of drug-likeness (QED) is 0.131. The van der Waals surface area contributed by atoms with Crippen LogP contribution >= 0.6 is 0 Å². The van der Waals surface area contributed by atoms with Crippen LogP contribution in [0.2, 0.25) is 0 Å². The van der Waals surface area contributed by atoms with Gasteiger partial charge in [0, 0.05) is 56.3 Å². The minimum Gasteiger partial charge on any atom is -0.511 e. The van der Waals surface area contributed by atoms with Gasteiger partial charge in [-0.05, 0) is 30.4 Å². The van der Waals surface area contributed by atoms with Crippen molar-refractivity contribution in [2.75, 3.05) is 32.1 Å². The maximum atomic E-state index is 13.9. The normalized spacial score (nSPS) is 24.4. The van der Waals surface area contributed by atoms with Crippen molar-refractivity contribution >= 4 is 29.1 Å². The number of hydrogen-bond donors (Lipinski definition) is 7. The van der Waals surface area contributed by atoms with Crippen molar-refractivity contribution in [1.29, 1.82) is 0 Å². The molecule has 13 nitrogen and oxygen atoms in total. The summed E-state index contributed by atoms with van der Waals surface area (Å²) in [6.07, 6.45) is -0.0693. The number of aromatic hydroxyl groups is 1. The predicted octanol–water partition coefficient (Wildman–Crippen LogP) is -0.542. The van der Waals surface area contributed by atoms with Crippen LogP contribution in [-0.2, 0) is 27.3 Å². The van der Waals surface area contributed by atoms with Crippen molar-refractivity contribution in [3.63, 3.8) is 0 Å². The zero-order chi connectivity index (χ0) is 29.0. The Morgan fingerprint density at radius 2 is 1.85 bits per heavy atom. The molecule has 210 valence electrons. The number of nitrogens with one attached hydrogen (secondary N) is 1. The standard InChI is InChI=1S/C26H33N5O8/c1-4-31(28)10-17(33)29-9-12-7-15(30(2)3)14-6-11-5-13-8-16(32)20(25(27)38)24(37)26(13,39)23(36)18(11)22(35)19(14)21(12)34/h7,11,13,32,34,36,39H,4-6,8-10,28H2,1-3H3,(H2,27,38)(H,29,33)/t11-,13+,26+/m1/s1. The van der Waals surface area contributed by atoms with Gasteiger partial charge >= 0.3 is 0 Å². The molecule has 0 aromatic heterocycles. The highest BCUT2D eigenvalue weighted by Crippen LogP contribution is 2.52. The van der Waals surface area contributed by atoms with E-state index < -0.39 is 63.7 Å². The second-order valence-corrected chi connectivity index (χ2v) is 10.4. The number of hydrogen-bond acceptors (Lipinski definition) is 11. The van der Waals surface area contributed by atoms with E-state index in [1.54, 1.807) is 32.0 Å². The molecule has 1 aromatic rings. The zero-order valence-corrected chi connectivity index (χ0v) is 21.9. The Kier molecular flexibility index (Phi) is 7.19. The van der Waals surface area contributed by atoms with Crippen LogP contribution in [-0.4, -0.2) is 81.6 Å². The van der Waals surface area contributed by atoms with E-state index in [1.807, 2.05) is 0 Å². The summed E-state index contributed by atoms with van der Waals surface area (Å²) in [6, 6.07) is 1.66. The van der Waals surface area contributed by atoms with E-state index in [0.29, 0.717) is 17.8 Å². The Bertz CT molecular complexity index is 1350. The Morgan fingerprint density at radius 1 is 1.18 bits per heavy atom. The van der Waals surface area contributed by atoms with E-state index in [0.717, 1.165) is 0 Å². The number of phenolic OH excluding ortho intramolecular Hbond substituents is 1. The van der Waals surface area contributed by atoms with Gasteiger partial charge in [-0.25, -0.2) is 5.01 Å². The van der Waals surface area contributed by atoms with Gasteiger partial charge in [0.15, 0.2) is 11.4 Å². The first-order chi connectivity index (χ1) is 18.2. The lowest BCUT2D eigenvalue weighted by Gasteiger charge is -2.46. The Hall–Kier alpha value is -3.94. The molecule has 0 radical (unpaired) electrons. The van der Waals surface area contributed by atoms with E-state index >= 15 is 0 Å². The van der Waals surface area contributed by atoms with Gasteiger partial charge in [-0.3, -0.25) is 25.0 Å². The lowest BCUT2D eigenvalue weighted by atomic mass is 9.60. The number of ketones is 2. The third-order valence-corrected chi connectivity index (χ3v) is 7.83. The van der Waals surface area contributed by atoms with Crippen molar-refractivity contribution in [2.24, 2.45) is 23.4 Å². The summed E-state index contributed by atoms with van der Waals surface area (Å²) in [4.78, 5) is 52.8. The van der Waals surface area contributed by atoms with Gasteiger partial charge in [-0.15, -0.1) is 0 Å². The van der Waals surface area contributed by atoms with Gasteiger partial charge in [0.05, 0.1) is 12.1 Å². The molecule has 13 heteroatoms. The number of hydrazine groups is 1. The molecule has 0 fully saturated rings. The Labute approximate surface area is 224 Å². The van der Waals surface area contributed by atoms with Crippen molar-refractivity contribution in [3.05, 3.63) is 45.4 Å². The number of primary amides is 1. The average Bonchev–Trinajstić information content (AvgIpc) is 2.85. The summed E-state index contributed by atoms with van der Waals surface area (Å²) in [5, 5.41) is 48.0. The second-order valence-electron chi connectivity index (χ2n) is 10.4. The highest BCUT2D eigenvalue weighted by atomic mass is 16.3. The van der Waals surface area contributed by atoms with Crippen molar-refractivity contribution in [3.8, 4) is 5.75 Å². The Morgan fingerprint density at radius 3 is 2.44 bits per heavy atom. The van der Waals surface area contributed by atoms with E-state index in [-0.39, 0.29) is 49.1 Å². The third-order valence-electron chi connectivity index (χ3n) is 7.83. The number of Topliss-reactive ketones (excluding diaryl/α,β-unsaturated/α-hetero) is 2. The molecule has 3 atom stereocenters. The molecule has 0 saturated heterocycles. The lowest BCUT2D eigenvalue weighted by Crippen LogP contribution is -2.57. The summed E-state index contributed by atoms with van der Waals surface area (Å²) in [6.45, 7) is 2.04. The van der Waals surface area contributed by atoms with Gasteiger partial charge in [0.1, 0.15) is 22.8 Å². The molecular weight excluding hydrogens is 510 g/mol. The van der Waals surface area contributed by atoms with Gasteiger partial charge in [-0.1, -0.05) is 6.92 Å². The molecule has 9 N–H and O–H groups in total. The van der Waals surface area contributed by atoms with E-state index in [2.05, 4.69) is 5.32 Å². The topological polar surface area (TPSA) is 220 Å². The number of fused-ring (bicyclic) bond motifs is 3. The first-order valence-electron chi connectivity index (χ1n) is 12.5. The lowest BCUT2D eigenvalue weighted by molar-refractivity contribution is -0.144. The predicted molar refractivity (Wildman–Crippen MR) is 138 cm³/mol. The van der Waals surface area contributed by atoms with Crippen molar-refractivity contribution < 1.29 is 39.6 Å². The molecule has 0 heterocycles. The third kappa shape index (κ3) is 4.41. The molecule has 0 bridgehead atoms. The number of aliphatic hydroxyl groups is 3. The van der Waals surface area contributed by atoms with E-state index in [4.69, 9.17) is 11.6 Å². The molecule has 0 aliphatic heterocycles. The van der Waals surface area contributed by atoms with Crippen LogP contribution in [0.1, 0.15) is 41.3 Å². The SMILES string of the molecule is CCN(N)CC(=O)NCc1cc(N(C)C)c2c(c1O)C(=O)C1=C(O)[C@]3(O)C(=O)C(C(N)=O)=C(O)C[C@@H]3C[C@@H]1C2. The molecule has 4 rings (SSSR count). The molecule has 2 amide bonds. The van der Waals surface area contributed by atoms with E-state index in [9.17, 15) is 39.6 Å². The number of benzene rings is 1. The molecule has 1 aromatic carbocycles. The van der Waals surface area contributed by atoms with Crippen LogP contribution in [0.3, 0.4) is 0 Å². The van der Waals surface area contributed by atoms with Gasteiger partial charge in [0.25, 0.3) is 5.91 Å². The molecule has 39 heavy (non-hydrogen) atoms. The fourth-order valence-electron chi connectivity index (χ4n) is 5.80. The maximum absolute atomic E-state index is 13.9. The van der Waals surface area contributed by atoms with E-state index in [1.165, 1.54) is 5.01 Å². The molecule has 0 saturated carbocycles. The van der Waals surface area contributed by atoms with Crippen molar-refractivity contribution in [1.82, 2.24) is 10.3 Å². The summed E-state index contributed by atoms with van der Waals surface area (Å²) >= 11 is 0. The van der Waals surface area contributed by atoms with Crippen LogP contribution in [0.4, 0.5) is 5.69 Å². The molecule has 3 aliphatic carbocycles. The van der Waals surface area contributed by atoms with Crippen LogP contribution in [0.5, 0.6) is 5.75 Å². The molecular formula is C26H33N5O8. The van der Waals surface area contributed by atoms with Gasteiger partial charge in [0.2, 0.25) is 11.7 Å². The van der Waals surface area contributed by atoms with Crippen LogP contribution < -0.4 is 21.8 Å². The number of nitrogens with zero attached hydrogens (tertiary/aromatic N) is 2.